The highest BCUT2D eigenvalue weighted by Crippen LogP contribution is 2.11. The van der Waals surface area contributed by atoms with Crippen molar-refractivity contribution in [1.82, 2.24) is 5.06 Å². The lowest BCUT2D eigenvalue weighted by atomic mass is 10.1. The number of ether oxygens (including phenoxy) is 1. The van der Waals surface area contributed by atoms with E-state index in [0.717, 1.165) is 12.0 Å². The van der Waals surface area contributed by atoms with Gasteiger partial charge in [0, 0.05) is 0 Å². The predicted octanol–water partition coefficient (Wildman–Crippen LogP) is 3.45. The van der Waals surface area contributed by atoms with Gasteiger partial charge in [0.25, 0.3) is 0 Å². The fourth-order valence-electron chi connectivity index (χ4n) is 1.75. The fraction of sp³-hybridized carbons (Fsp3) is 0.500. The van der Waals surface area contributed by atoms with Crippen LogP contribution in [0.25, 0.3) is 0 Å². The summed E-state index contributed by atoms with van der Waals surface area (Å²) in [6.07, 6.45) is 0.0312. The Morgan fingerprint density at radius 1 is 1.28 bits per heavy atom. The number of nitrogens with zero attached hydrogens (tertiary/aromatic N) is 1. The molecular formula is C14H21NO3. The van der Waals surface area contributed by atoms with Gasteiger partial charge in [0.15, 0.2) is 0 Å². The van der Waals surface area contributed by atoms with Gasteiger partial charge in [0.05, 0.1) is 6.04 Å². The number of hydrogen-bond acceptors (Lipinski definition) is 3. The number of hydroxylamine groups is 2. The first-order chi connectivity index (χ1) is 8.50. The molecule has 1 aromatic rings. The summed E-state index contributed by atoms with van der Waals surface area (Å²) in [5.41, 5.74) is 0.899. The van der Waals surface area contributed by atoms with Gasteiger partial charge in [-0.1, -0.05) is 44.2 Å². The van der Waals surface area contributed by atoms with E-state index < -0.39 is 6.09 Å². The highest BCUT2D eigenvalue weighted by atomic mass is 16.6. The second-order valence-corrected chi connectivity index (χ2v) is 4.86. The molecule has 18 heavy (non-hydrogen) atoms. The Labute approximate surface area is 108 Å². The number of hydrogen-bond donors (Lipinski definition) is 1. The summed E-state index contributed by atoms with van der Waals surface area (Å²) in [6.45, 7) is 6.05. The van der Waals surface area contributed by atoms with E-state index in [2.05, 4.69) is 0 Å². The van der Waals surface area contributed by atoms with Gasteiger partial charge in [0.1, 0.15) is 6.61 Å². The first-order valence-electron chi connectivity index (χ1n) is 6.19. The van der Waals surface area contributed by atoms with Crippen LogP contribution in [0, 0.1) is 5.92 Å². The van der Waals surface area contributed by atoms with Gasteiger partial charge >= 0.3 is 6.09 Å². The minimum Gasteiger partial charge on any atom is -0.443 e. The van der Waals surface area contributed by atoms with E-state index in [1.807, 2.05) is 44.2 Å². The van der Waals surface area contributed by atoms with Gasteiger partial charge in [-0.3, -0.25) is 5.21 Å². The van der Waals surface area contributed by atoms with Crippen molar-refractivity contribution < 1.29 is 14.7 Å². The molecule has 0 aromatic heterocycles. The Hall–Kier alpha value is -1.55. The maximum atomic E-state index is 11.6. The molecule has 0 aliphatic rings. The molecule has 0 fully saturated rings. The average molecular weight is 251 g/mol. The third kappa shape index (κ3) is 4.75. The number of rotatable bonds is 5. The Kier molecular flexibility index (Phi) is 5.65. The molecule has 1 atom stereocenters. The van der Waals surface area contributed by atoms with E-state index in [4.69, 9.17) is 4.74 Å². The Bertz CT molecular complexity index is 365. The lowest BCUT2D eigenvalue weighted by Crippen LogP contribution is -2.36. The molecule has 0 unspecified atom stereocenters. The molecule has 0 radical (unpaired) electrons. The summed E-state index contributed by atoms with van der Waals surface area (Å²) in [6, 6.07) is 9.14. The third-order valence-corrected chi connectivity index (χ3v) is 2.62. The second-order valence-electron chi connectivity index (χ2n) is 4.86. The van der Waals surface area contributed by atoms with Crippen LogP contribution in [0.1, 0.15) is 32.8 Å². The molecule has 0 saturated heterocycles. The molecule has 0 bridgehead atoms. The standard InChI is InChI=1S/C14H21NO3/c1-11(2)9-12(3)15(17)14(16)18-10-13-7-5-4-6-8-13/h4-8,11-12,17H,9-10H2,1-3H3/t12-/m0/s1. The molecule has 0 aliphatic heterocycles. The topological polar surface area (TPSA) is 49.8 Å². The molecule has 1 amide bonds. The normalized spacial score (nSPS) is 12.3. The van der Waals surface area contributed by atoms with Gasteiger partial charge in [-0.2, -0.15) is 5.06 Å². The minimum atomic E-state index is -0.702. The fourth-order valence-corrected chi connectivity index (χ4v) is 1.75. The van der Waals surface area contributed by atoms with Crippen LogP contribution in [0.3, 0.4) is 0 Å². The third-order valence-electron chi connectivity index (χ3n) is 2.62. The first-order valence-corrected chi connectivity index (χ1v) is 6.19. The van der Waals surface area contributed by atoms with Crippen molar-refractivity contribution in [3.8, 4) is 0 Å². The van der Waals surface area contributed by atoms with Crippen LogP contribution in [0.5, 0.6) is 0 Å². The maximum absolute atomic E-state index is 11.6. The van der Waals surface area contributed by atoms with Gasteiger partial charge < -0.3 is 4.74 Å². The first kappa shape index (κ1) is 14.5. The molecule has 4 heteroatoms. The van der Waals surface area contributed by atoms with Gasteiger partial charge in [0.2, 0.25) is 0 Å². The van der Waals surface area contributed by atoms with Gasteiger partial charge in [-0.25, -0.2) is 4.79 Å². The lowest BCUT2D eigenvalue weighted by Gasteiger charge is -2.23. The van der Waals surface area contributed by atoms with Crippen molar-refractivity contribution in [1.29, 1.82) is 0 Å². The summed E-state index contributed by atoms with van der Waals surface area (Å²) in [4.78, 5) is 11.6. The Morgan fingerprint density at radius 3 is 2.44 bits per heavy atom. The van der Waals surface area contributed by atoms with Crippen molar-refractivity contribution in [3.05, 3.63) is 35.9 Å². The smallest absolute Gasteiger partial charge is 0.434 e. The van der Waals surface area contributed by atoms with Gasteiger partial charge in [-0.15, -0.1) is 0 Å². The largest absolute Gasteiger partial charge is 0.443 e. The lowest BCUT2D eigenvalue weighted by molar-refractivity contribution is -0.105. The van der Waals surface area contributed by atoms with E-state index in [0.29, 0.717) is 11.0 Å². The number of carbonyl (C=O) groups excluding carboxylic acids is 1. The van der Waals surface area contributed by atoms with Crippen LogP contribution < -0.4 is 0 Å². The summed E-state index contributed by atoms with van der Waals surface area (Å²) < 4.78 is 5.03. The van der Waals surface area contributed by atoms with Crippen LogP contribution in [0.4, 0.5) is 4.79 Å². The minimum absolute atomic E-state index is 0.172. The molecule has 100 valence electrons. The molecular weight excluding hydrogens is 230 g/mol. The summed E-state index contributed by atoms with van der Waals surface area (Å²) in [5, 5.41) is 10.3. The van der Waals surface area contributed by atoms with Crippen LogP contribution in [0.2, 0.25) is 0 Å². The zero-order valence-electron chi connectivity index (χ0n) is 11.2. The van der Waals surface area contributed by atoms with E-state index >= 15 is 0 Å². The second kappa shape index (κ2) is 7.01. The van der Waals surface area contributed by atoms with Crippen LogP contribution in [-0.2, 0) is 11.3 Å². The molecule has 0 saturated carbocycles. The van der Waals surface area contributed by atoms with Crippen molar-refractivity contribution in [2.45, 2.75) is 39.8 Å². The molecule has 0 heterocycles. The molecule has 0 spiro atoms. The van der Waals surface area contributed by atoms with E-state index in [-0.39, 0.29) is 12.6 Å². The number of amides is 1. The molecule has 1 N–H and O–H groups in total. The molecule has 1 aromatic carbocycles. The zero-order valence-corrected chi connectivity index (χ0v) is 11.2. The Morgan fingerprint density at radius 2 is 1.89 bits per heavy atom. The highest BCUT2D eigenvalue weighted by Gasteiger charge is 2.20. The number of carbonyl (C=O) groups is 1. The predicted molar refractivity (Wildman–Crippen MR) is 69.2 cm³/mol. The van der Waals surface area contributed by atoms with E-state index in [1.165, 1.54) is 0 Å². The van der Waals surface area contributed by atoms with E-state index in [9.17, 15) is 10.0 Å². The van der Waals surface area contributed by atoms with Gasteiger partial charge in [-0.05, 0) is 24.8 Å². The molecule has 4 nitrogen and oxygen atoms in total. The highest BCUT2D eigenvalue weighted by molar-refractivity contribution is 5.66. The summed E-state index contributed by atoms with van der Waals surface area (Å²) in [5.74, 6) is 0.413. The van der Waals surface area contributed by atoms with Crippen LogP contribution in [-0.4, -0.2) is 22.4 Å². The van der Waals surface area contributed by atoms with Crippen molar-refractivity contribution >= 4 is 6.09 Å². The zero-order chi connectivity index (χ0) is 13.5. The van der Waals surface area contributed by atoms with Crippen LogP contribution in [0.15, 0.2) is 30.3 Å². The van der Waals surface area contributed by atoms with Crippen LogP contribution >= 0.6 is 0 Å². The molecule has 0 aliphatic carbocycles. The Balaban J connectivity index is 2.40. The summed E-state index contributed by atoms with van der Waals surface area (Å²) >= 11 is 0. The van der Waals surface area contributed by atoms with E-state index in [1.54, 1.807) is 6.92 Å². The molecule has 1 rings (SSSR count). The average Bonchev–Trinajstić information content (AvgIpc) is 2.35. The maximum Gasteiger partial charge on any atom is 0.434 e. The number of benzene rings is 1. The van der Waals surface area contributed by atoms with Crippen molar-refractivity contribution in [2.24, 2.45) is 5.92 Å². The summed E-state index contributed by atoms with van der Waals surface area (Å²) in [7, 11) is 0. The monoisotopic (exact) mass is 251 g/mol. The quantitative estimate of drug-likeness (QED) is 0.644. The van der Waals surface area contributed by atoms with Crippen molar-refractivity contribution in [3.63, 3.8) is 0 Å². The van der Waals surface area contributed by atoms with Crippen molar-refractivity contribution in [2.75, 3.05) is 0 Å². The SMILES string of the molecule is CC(C)C[C@H](C)N(O)C(=O)OCc1ccccc1.